The molecule has 0 radical (unpaired) electrons. The summed E-state index contributed by atoms with van der Waals surface area (Å²) < 4.78 is 126. The van der Waals surface area contributed by atoms with E-state index in [1.165, 1.54) is 11.8 Å². The van der Waals surface area contributed by atoms with Crippen molar-refractivity contribution in [1.29, 1.82) is 0 Å². The van der Waals surface area contributed by atoms with E-state index in [4.69, 9.17) is 10.2 Å². The van der Waals surface area contributed by atoms with Crippen LogP contribution in [-0.2, 0) is 34.7 Å². The third-order valence-corrected chi connectivity index (χ3v) is 11.1. The van der Waals surface area contributed by atoms with E-state index >= 15 is 0 Å². The average Bonchev–Trinajstić information content (AvgIpc) is 2.94. The Hall–Kier alpha value is -3.83. The van der Waals surface area contributed by atoms with Crippen LogP contribution < -0.4 is 15.2 Å². The first-order valence-corrected chi connectivity index (χ1v) is 18.9. The van der Waals surface area contributed by atoms with Crippen molar-refractivity contribution in [3.8, 4) is 0 Å². The number of nitro benzene ring substituents is 1. The number of rotatable bonds is 12. The van der Waals surface area contributed by atoms with E-state index in [0.29, 0.717) is 12.1 Å². The molecule has 0 bridgehead atoms. The number of nitro groups is 1. The van der Waals surface area contributed by atoms with Crippen molar-refractivity contribution in [3.05, 3.63) is 82.7 Å². The number of carbonyl (C=O) groups is 1. The van der Waals surface area contributed by atoms with Gasteiger partial charge in [0.2, 0.25) is 25.9 Å². The predicted octanol–water partition coefficient (Wildman–Crippen LogP) is 4.49. The number of hydrogen-bond acceptors (Lipinski definition) is 11. The van der Waals surface area contributed by atoms with E-state index in [1.807, 2.05) is 0 Å². The molecule has 0 amide bonds. The van der Waals surface area contributed by atoms with Crippen LogP contribution >= 0.6 is 11.8 Å². The Kier molecular flexibility index (Phi) is 13.3. The van der Waals surface area contributed by atoms with Crippen LogP contribution in [0.1, 0.15) is 27.2 Å². The van der Waals surface area contributed by atoms with Crippen molar-refractivity contribution >= 4 is 59.0 Å². The van der Waals surface area contributed by atoms with E-state index in [1.54, 1.807) is 51.1 Å². The summed E-state index contributed by atoms with van der Waals surface area (Å²) in [7, 11) is -14.4. The lowest BCUT2D eigenvalue weighted by atomic mass is 10.1. The summed E-state index contributed by atoms with van der Waals surface area (Å²) >= 11 is 1.20. The van der Waals surface area contributed by atoms with Gasteiger partial charge in [-0.3, -0.25) is 14.9 Å². The molecule has 1 atom stereocenters. The number of halogens is 4. The maximum Gasteiger partial charge on any atom is 0.501 e. The first-order chi connectivity index (χ1) is 22.2. The molecule has 3 rings (SSSR count). The summed E-state index contributed by atoms with van der Waals surface area (Å²) in [5, 5.41) is 27.1. The number of benzene rings is 3. The highest BCUT2D eigenvalue weighted by Gasteiger charge is 2.48. The molecule has 0 aromatic heterocycles. The Bertz CT molecular complexity index is 2010. The molecule has 0 aliphatic rings. The number of nitrogens with zero attached hydrogens (tertiary/aromatic N) is 1. The molecule has 3 aromatic carbocycles. The highest BCUT2D eigenvalue weighted by Crippen LogP contribution is 2.36. The number of sulfonamides is 2. The maximum atomic E-state index is 13.1. The maximum absolute atomic E-state index is 13.1. The number of alkyl halides is 3. The van der Waals surface area contributed by atoms with Gasteiger partial charge in [0.25, 0.3) is 9.84 Å². The highest BCUT2D eigenvalue weighted by atomic mass is 32.2. The molecule has 0 unspecified atom stereocenters. The van der Waals surface area contributed by atoms with Crippen LogP contribution in [0.15, 0.2) is 86.3 Å². The molecule has 49 heavy (non-hydrogen) atoms. The fraction of sp³-hybridized carbons (Fsp3) is 0.296. The number of thioether (sulfide) groups is 1. The molecule has 0 heterocycles. The van der Waals surface area contributed by atoms with Gasteiger partial charge in [0, 0.05) is 28.3 Å². The molecule has 3 aromatic rings. The Morgan fingerprint density at radius 1 is 0.959 bits per heavy atom. The van der Waals surface area contributed by atoms with Gasteiger partial charge in [-0.2, -0.15) is 17.6 Å². The van der Waals surface area contributed by atoms with Gasteiger partial charge in [-0.05, 0) is 63.2 Å². The first-order valence-electron chi connectivity index (χ1n) is 13.4. The largest absolute Gasteiger partial charge is 0.501 e. The second-order valence-electron chi connectivity index (χ2n) is 10.9. The summed E-state index contributed by atoms with van der Waals surface area (Å²) in [6, 6.07) is 12.1. The van der Waals surface area contributed by atoms with Crippen molar-refractivity contribution in [2.75, 3.05) is 11.1 Å². The minimum absolute atomic E-state index is 0.0682. The van der Waals surface area contributed by atoms with Crippen molar-refractivity contribution in [3.63, 3.8) is 0 Å². The third kappa shape index (κ3) is 12.2. The third-order valence-electron chi connectivity index (χ3n) is 5.72. The Labute approximate surface area is 283 Å². The van der Waals surface area contributed by atoms with E-state index in [2.05, 4.69) is 10.0 Å². The standard InChI is InChI=1S/C17H17F3N2O6S3.C10H13FN2O4S/c18-17(19,20)30(25,26)15-9-13(31(21,27)28)6-7-14(15)22-11(8-16(23)24)10-29-12-4-2-1-3-5-12;1-10(2,3)12-18(16,17)7-4-5-8(11)9(6-7)13(14)15/h1-7,9,11,22H,8,10H2,(H,23,24)(H2,21,27,28);4-6,12H,1-3H3/t11-;/m1./s1. The van der Waals surface area contributed by atoms with Crippen molar-refractivity contribution < 1.29 is 57.6 Å². The van der Waals surface area contributed by atoms with Crippen molar-refractivity contribution in [2.45, 2.75) is 63.9 Å². The van der Waals surface area contributed by atoms with Crippen LogP contribution in [0.25, 0.3) is 0 Å². The summed E-state index contributed by atoms with van der Waals surface area (Å²) in [6.07, 6.45) is -0.539. The fourth-order valence-corrected chi connectivity index (χ4v) is 7.65. The van der Waals surface area contributed by atoms with Gasteiger partial charge in [-0.25, -0.2) is 35.1 Å². The van der Waals surface area contributed by atoms with Gasteiger partial charge < -0.3 is 10.4 Å². The molecule has 5 N–H and O–H groups in total. The number of anilines is 1. The summed E-state index contributed by atoms with van der Waals surface area (Å²) in [6.45, 7) is 4.88. The monoisotopic (exact) mass is 774 g/mol. The lowest BCUT2D eigenvalue weighted by Crippen LogP contribution is -2.40. The van der Waals surface area contributed by atoms with E-state index < -0.39 is 91.3 Å². The summed E-state index contributed by atoms with van der Waals surface area (Å²) in [5.41, 5.74) is -7.92. The average molecular weight is 775 g/mol. The zero-order chi connectivity index (χ0) is 37.6. The molecular formula is C27H30F4N4O10S4. The molecule has 0 fully saturated rings. The smallest absolute Gasteiger partial charge is 0.481 e. The highest BCUT2D eigenvalue weighted by molar-refractivity contribution is 7.99. The minimum Gasteiger partial charge on any atom is -0.481 e. The molecule has 0 aliphatic heterocycles. The van der Waals surface area contributed by atoms with E-state index in [9.17, 15) is 57.7 Å². The Morgan fingerprint density at radius 2 is 1.53 bits per heavy atom. The van der Waals surface area contributed by atoms with Crippen LogP contribution in [0.4, 0.5) is 28.9 Å². The zero-order valence-electron chi connectivity index (χ0n) is 25.6. The molecule has 14 nitrogen and oxygen atoms in total. The van der Waals surface area contributed by atoms with Crippen LogP contribution in [0.3, 0.4) is 0 Å². The lowest BCUT2D eigenvalue weighted by molar-refractivity contribution is -0.387. The van der Waals surface area contributed by atoms with Crippen LogP contribution in [0.2, 0.25) is 0 Å². The summed E-state index contributed by atoms with van der Waals surface area (Å²) in [5.74, 6) is -2.28. The van der Waals surface area contributed by atoms with Crippen molar-refractivity contribution in [1.82, 2.24) is 4.72 Å². The van der Waals surface area contributed by atoms with Crippen molar-refractivity contribution in [2.24, 2.45) is 5.14 Å². The second-order valence-corrected chi connectivity index (χ2v) is 17.2. The van der Waals surface area contributed by atoms with Gasteiger partial charge in [-0.1, -0.05) is 18.2 Å². The number of carboxylic acid groups (broad SMARTS) is 1. The number of nitrogens with one attached hydrogen (secondary N) is 2. The minimum atomic E-state index is -5.97. The van der Waals surface area contributed by atoms with Gasteiger partial charge in [0.1, 0.15) is 4.90 Å². The summed E-state index contributed by atoms with van der Waals surface area (Å²) in [4.78, 5) is 19.0. The zero-order valence-corrected chi connectivity index (χ0v) is 28.9. The SMILES string of the molecule is CC(C)(C)NS(=O)(=O)c1ccc(F)c([N+](=O)[O-])c1.NS(=O)(=O)c1ccc(N[C@@H](CSc2ccccc2)CC(=O)O)c(S(=O)(=O)C(F)(F)F)c1. The van der Waals surface area contributed by atoms with E-state index in [-0.39, 0.29) is 10.6 Å². The van der Waals surface area contributed by atoms with E-state index in [0.717, 1.165) is 29.2 Å². The first kappa shape index (κ1) is 41.3. The number of carboxylic acids is 1. The normalized spacial score (nSPS) is 13.1. The molecule has 0 saturated heterocycles. The van der Waals surface area contributed by atoms with Gasteiger partial charge >= 0.3 is 17.2 Å². The van der Waals surface area contributed by atoms with Gasteiger partial charge in [0.05, 0.1) is 26.8 Å². The Balaban J connectivity index is 0.000000393. The fourth-order valence-electron chi connectivity index (χ4n) is 3.70. The number of hydrogen-bond donors (Lipinski definition) is 4. The number of aliphatic carboxylic acids is 1. The Morgan fingerprint density at radius 3 is 2.02 bits per heavy atom. The number of nitrogens with two attached hydrogens (primary N) is 1. The molecule has 0 saturated carbocycles. The van der Waals surface area contributed by atoms with Gasteiger partial charge in [-0.15, -0.1) is 11.8 Å². The van der Waals surface area contributed by atoms with Gasteiger partial charge in [0.15, 0.2) is 0 Å². The lowest BCUT2D eigenvalue weighted by Gasteiger charge is -2.21. The molecular weight excluding hydrogens is 745 g/mol. The second kappa shape index (κ2) is 15.8. The van der Waals surface area contributed by atoms with Crippen LogP contribution in [-0.4, -0.2) is 64.1 Å². The molecule has 0 spiro atoms. The molecule has 270 valence electrons. The quantitative estimate of drug-likeness (QED) is 0.0863. The predicted molar refractivity (Wildman–Crippen MR) is 171 cm³/mol. The number of primary sulfonamides is 1. The molecule has 0 aliphatic carbocycles. The number of sulfone groups is 1. The molecule has 22 heteroatoms. The topological polar surface area (TPSA) is 233 Å². The van der Waals surface area contributed by atoms with Crippen LogP contribution in [0, 0.1) is 15.9 Å². The van der Waals surface area contributed by atoms with Crippen LogP contribution in [0.5, 0.6) is 0 Å².